The van der Waals surface area contributed by atoms with Crippen molar-refractivity contribution in [3.63, 3.8) is 0 Å². The van der Waals surface area contributed by atoms with Gasteiger partial charge in [-0.2, -0.15) is 0 Å². The molecule has 2 aromatic rings. The molecule has 0 aliphatic carbocycles. The Kier molecular flexibility index (Phi) is 3.98. The van der Waals surface area contributed by atoms with Gasteiger partial charge in [-0.25, -0.2) is 13.6 Å². The monoisotopic (exact) mass is 278 g/mol. The molecular formula is C15H12F2O3. The molecule has 0 unspecified atom stereocenters. The van der Waals surface area contributed by atoms with E-state index in [-0.39, 0.29) is 11.1 Å². The zero-order valence-electron chi connectivity index (χ0n) is 10.7. The molecule has 0 aliphatic heterocycles. The lowest BCUT2D eigenvalue weighted by atomic mass is 10.0. The standard InChI is InChI=1S/C15H12F2O3/c1-2-20-13-6-4-3-5-10(13)14-11(16)7-9(15(18)19)8-12(14)17/h3-8H,2H2,1H3,(H,18,19). The van der Waals surface area contributed by atoms with Gasteiger partial charge in [0.05, 0.1) is 17.7 Å². The maximum absolute atomic E-state index is 14.0. The summed E-state index contributed by atoms with van der Waals surface area (Å²) in [5, 5.41) is 8.78. The normalized spacial score (nSPS) is 10.3. The fourth-order valence-electron chi connectivity index (χ4n) is 1.91. The van der Waals surface area contributed by atoms with Gasteiger partial charge in [0.1, 0.15) is 17.4 Å². The molecule has 104 valence electrons. The number of rotatable bonds is 4. The Morgan fingerprint density at radius 2 is 1.80 bits per heavy atom. The molecule has 0 aliphatic rings. The van der Waals surface area contributed by atoms with Crippen LogP contribution in [0.4, 0.5) is 8.78 Å². The summed E-state index contributed by atoms with van der Waals surface area (Å²) in [6, 6.07) is 8.03. The van der Waals surface area contributed by atoms with Gasteiger partial charge in [0, 0.05) is 5.56 Å². The van der Waals surface area contributed by atoms with Gasteiger partial charge in [0.15, 0.2) is 0 Å². The first-order chi connectivity index (χ1) is 9.54. The largest absolute Gasteiger partial charge is 0.493 e. The van der Waals surface area contributed by atoms with Crippen LogP contribution >= 0.6 is 0 Å². The van der Waals surface area contributed by atoms with E-state index in [9.17, 15) is 13.6 Å². The number of ether oxygens (including phenoxy) is 1. The third kappa shape index (κ3) is 2.61. The van der Waals surface area contributed by atoms with Crippen LogP contribution in [0.3, 0.4) is 0 Å². The second-order valence-corrected chi connectivity index (χ2v) is 4.05. The minimum atomic E-state index is -1.38. The average Bonchev–Trinajstić information content (AvgIpc) is 2.40. The van der Waals surface area contributed by atoms with Crippen molar-refractivity contribution in [2.45, 2.75) is 6.92 Å². The topological polar surface area (TPSA) is 46.5 Å². The van der Waals surface area contributed by atoms with Gasteiger partial charge in [0.25, 0.3) is 0 Å². The molecule has 0 saturated heterocycles. The van der Waals surface area contributed by atoms with Crippen LogP contribution < -0.4 is 4.74 Å². The Labute approximate surface area is 114 Å². The van der Waals surface area contributed by atoms with Crippen molar-refractivity contribution >= 4 is 5.97 Å². The first-order valence-electron chi connectivity index (χ1n) is 5.99. The Morgan fingerprint density at radius 3 is 2.35 bits per heavy atom. The number of benzene rings is 2. The van der Waals surface area contributed by atoms with Gasteiger partial charge in [-0.3, -0.25) is 0 Å². The highest BCUT2D eigenvalue weighted by molar-refractivity contribution is 5.88. The third-order valence-electron chi connectivity index (χ3n) is 2.75. The molecule has 0 radical (unpaired) electrons. The molecule has 0 fully saturated rings. The van der Waals surface area contributed by atoms with E-state index in [1.165, 1.54) is 6.07 Å². The number of carboxylic acids is 1. The lowest BCUT2D eigenvalue weighted by Gasteiger charge is -2.12. The van der Waals surface area contributed by atoms with E-state index in [1.807, 2.05) is 0 Å². The summed E-state index contributed by atoms with van der Waals surface area (Å²) in [5.74, 6) is -2.91. The molecule has 1 N–H and O–H groups in total. The quantitative estimate of drug-likeness (QED) is 0.927. The van der Waals surface area contributed by atoms with Gasteiger partial charge < -0.3 is 9.84 Å². The number of hydrogen-bond donors (Lipinski definition) is 1. The predicted molar refractivity (Wildman–Crippen MR) is 69.9 cm³/mol. The number of hydrogen-bond acceptors (Lipinski definition) is 2. The number of halogens is 2. The smallest absolute Gasteiger partial charge is 0.335 e. The van der Waals surface area contributed by atoms with Crippen molar-refractivity contribution in [2.24, 2.45) is 0 Å². The van der Waals surface area contributed by atoms with Gasteiger partial charge in [0.2, 0.25) is 0 Å². The molecule has 0 aromatic heterocycles. The maximum atomic E-state index is 14.0. The van der Waals surface area contributed by atoms with Crippen LogP contribution in [0.1, 0.15) is 17.3 Å². The molecule has 0 saturated carbocycles. The third-order valence-corrected chi connectivity index (χ3v) is 2.75. The lowest BCUT2D eigenvalue weighted by Crippen LogP contribution is -2.02. The van der Waals surface area contributed by atoms with Crippen molar-refractivity contribution in [1.82, 2.24) is 0 Å². The number of carbonyl (C=O) groups is 1. The minimum Gasteiger partial charge on any atom is -0.493 e. The van der Waals surface area contributed by atoms with Crippen LogP contribution in [0.25, 0.3) is 11.1 Å². The zero-order valence-corrected chi connectivity index (χ0v) is 10.7. The highest BCUT2D eigenvalue weighted by atomic mass is 19.1. The molecule has 0 amide bonds. The predicted octanol–water partition coefficient (Wildman–Crippen LogP) is 3.73. The van der Waals surface area contributed by atoms with Crippen LogP contribution in [0.2, 0.25) is 0 Å². The Morgan fingerprint density at radius 1 is 1.20 bits per heavy atom. The van der Waals surface area contributed by atoms with Gasteiger partial charge in [-0.05, 0) is 25.1 Å². The molecule has 5 heteroatoms. The number of para-hydroxylation sites is 1. The van der Waals surface area contributed by atoms with E-state index in [0.29, 0.717) is 12.4 Å². The second kappa shape index (κ2) is 5.69. The van der Waals surface area contributed by atoms with Crippen LogP contribution in [-0.4, -0.2) is 17.7 Å². The molecule has 20 heavy (non-hydrogen) atoms. The van der Waals surface area contributed by atoms with Gasteiger partial charge in [-0.15, -0.1) is 0 Å². The van der Waals surface area contributed by atoms with E-state index in [4.69, 9.17) is 9.84 Å². The second-order valence-electron chi connectivity index (χ2n) is 4.05. The van der Waals surface area contributed by atoms with Crippen molar-refractivity contribution in [3.8, 4) is 16.9 Å². The molecule has 2 rings (SSSR count). The van der Waals surface area contributed by atoms with Gasteiger partial charge in [-0.1, -0.05) is 18.2 Å². The highest BCUT2D eigenvalue weighted by Crippen LogP contribution is 2.34. The molecule has 0 spiro atoms. The fourth-order valence-corrected chi connectivity index (χ4v) is 1.91. The molecular weight excluding hydrogens is 266 g/mol. The summed E-state index contributed by atoms with van der Waals surface area (Å²) in [4.78, 5) is 10.8. The van der Waals surface area contributed by atoms with Crippen molar-refractivity contribution in [3.05, 3.63) is 53.6 Å². The SMILES string of the molecule is CCOc1ccccc1-c1c(F)cc(C(=O)O)cc1F. The summed E-state index contributed by atoms with van der Waals surface area (Å²) >= 11 is 0. The number of aromatic carboxylic acids is 1. The summed E-state index contributed by atoms with van der Waals surface area (Å²) in [6.45, 7) is 2.12. The average molecular weight is 278 g/mol. The molecule has 2 aromatic carbocycles. The first kappa shape index (κ1) is 14.0. The lowest BCUT2D eigenvalue weighted by molar-refractivity contribution is 0.0696. The Hall–Kier alpha value is -2.43. The number of carboxylic acid groups (broad SMARTS) is 1. The van der Waals surface area contributed by atoms with E-state index in [2.05, 4.69) is 0 Å². The highest BCUT2D eigenvalue weighted by Gasteiger charge is 2.18. The molecule has 0 heterocycles. The van der Waals surface area contributed by atoms with Crippen molar-refractivity contribution < 1.29 is 23.4 Å². The Bertz CT molecular complexity index is 630. The summed E-state index contributed by atoms with van der Waals surface area (Å²) in [6.07, 6.45) is 0. The first-order valence-corrected chi connectivity index (χ1v) is 5.99. The minimum absolute atomic E-state index is 0.251. The molecule has 0 atom stereocenters. The van der Waals surface area contributed by atoms with E-state index in [0.717, 1.165) is 12.1 Å². The van der Waals surface area contributed by atoms with E-state index < -0.39 is 23.2 Å². The summed E-state index contributed by atoms with van der Waals surface area (Å²) in [7, 11) is 0. The zero-order chi connectivity index (χ0) is 14.7. The van der Waals surface area contributed by atoms with Crippen molar-refractivity contribution in [2.75, 3.05) is 6.61 Å². The summed E-state index contributed by atoms with van der Waals surface area (Å²) in [5.41, 5.74) is -0.474. The van der Waals surface area contributed by atoms with Crippen molar-refractivity contribution in [1.29, 1.82) is 0 Å². The Balaban J connectivity index is 2.61. The fraction of sp³-hybridized carbons (Fsp3) is 0.133. The maximum Gasteiger partial charge on any atom is 0.335 e. The molecule has 3 nitrogen and oxygen atoms in total. The van der Waals surface area contributed by atoms with Crippen LogP contribution in [0, 0.1) is 11.6 Å². The van der Waals surface area contributed by atoms with Crippen LogP contribution in [0.5, 0.6) is 5.75 Å². The van der Waals surface area contributed by atoms with Gasteiger partial charge >= 0.3 is 5.97 Å². The van der Waals surface area contributed by atoms with E-state index in [1.54, 1.807) is 25.1 Å². The molecule has 0 bridgehead atoms. The van der Waals surface area contributed by atoms with Crippen LogP contribution in [0.15, 0.2) is 36.4 Å². The summed E-state index contributed by atoms with van der Waals surface area (Å²) < 4.78 is 33.4. The van der Waals surface area contributed by atoms with Crippen LogP contribution in [-0.2, 0) is 0 Å². The van der Waals surface area contributed by atoms with E-state index >= 15 is 0 Å².